The molecule has 1 rings (SSSR count). The molecule has 1 aliphatic rings. The average molecular weight is 270 g/mol. The summed E-state index contributed by atoms with van der Waals surface area (Å²) in [5, 5.41) is 14.4. The number of urea groups is 1. The number of rotatable bonds is 5. The van der Waals surface area contributed by atoms with Gasteiger partial charge in [-0.05, 0) is 32.1 Å². The van der Waals surface area contributed by atoms with E-state index in [0.717, 1.165) is 12.8 Å². The molecule has 0 aromatic heterocycles. The molecule has 1 saturated carbocycles. The number of hydrogen-bond acceptors (Lipinski definition) is 2. The normalized spacial score (nSPS) is 18.7. The molecule has 0 heterocycles. The van der Waals surface area contributed by atoms with Crippen LogP contribution in [0.3, 0.4) is 0 Å². The summed E-state index contributed by atoms with van der Waals surface area (Å²) in [7, 11) is 0. The van der Waals surface area contributed by atoms with Crippen molar-refractivity contribution < 1.29 is 14.7 Å². The van der Waals surface area contributed by atoms with E-state index < -0.39 is 11.4 Å². The molecular formula is C14H26N2O3. The van der Waals surface area contributed by atoms with Gasteiger partial charge in [0.25, 0.3) is 0 Å². The summed E-state index contributed by atoms with van der Waals surface area (Å²) in [6, 6.07) is -0.277. The molecule has 0 bridgehead atoms. The molecule has 1 fully saturated rings. The van der Waals surface area contributed by atoms with Gasteiger partial charge < -0.3 is 15.7 Å². The van der Waals surface area contributed by atoms with Gasteiger partial charge in [-0.2, -0.15) is 0 Å². The fourth-order valence-corrected chi connectivity index (χ4v) is 2.32. The van der Waals surface area contributed by atoms with Crippen molar-refractivity contribution in [1.82, 2.24) is 10.6 Å². The molecule has 1 aliphatic carbocycles. The molecule has 0 unspecified atom stereocenters. The lowest BCUT2D eigenvalue weighted by Crippen LogP contribution is -2.46. The Morgan fingerprint density at radius 3 is 2.26 bits per heavy atom. The maximum atomic E-state index is 11.7. The molecule has 5 heteroatoms. The largest absolute Gasteiger partial charge is 0.481 e. The van der Waals surface area contributed by atoms with E-state index >= 15 is 0 Å². The van der Waals surface area contributed by atoms with E-state index in [1.54, 1.807) is 13.8 Å². The van der Waals surface area contributed by atoms with Crippen LogP contribution in [0.25, 0.3) is 0 Å². The third kappa shape index (κ3) is 5.09. The molecule has 0 atom stereocenters. The van der Waals surface area contributed by atoms with E-state index in [0.29, 0.717) is 6.54 Å². The Bertz CT molecular complexity index is 334. The average Bonchev–Trinajstić information content (AvgIpc) is 2.35. The molecule has 0 aromatic carbocycles. The highest BCUT2D eigenvalue weighted by Gasteiger charge is 2.29. The number of hydrogen-bond donors (Lipinski definition) is 3. The minimum absolute atomic E-state index is 0.130. The SMILES string of the molecule is CC1(CNC(=O)NCC(C)(C)C(=O)O)CCCCC1. The van der Waals surface area contributed by atoms with Crippen molar-refractivity contribution in [3.05, 3.63) is 0 Å². The summed E-state index contributed by atoms with van der Waals surface area (Å²) in [6.45, 7) is 6.18. The van der Waals surface area contributed by atoms with Crippen molar-refractivity contribution in [3.8, 4) is 0 Å². The van der Waals surface area contributed by atoms with Crippen LogP contribution in [0.2, 0.25) is 0 Å². The molecular weight excluding hydrogens is 244 g/mol. The molecule has 0 aliphatic heterocycles. The Morgan fingerprint density at radius 1 is 1.16 bits per heavy atom. The third-order valence-corrected chi connectivity index (χ3v) is 4.01. The van der Waals surface area contributed by atoms with Crippen molar-refractivity contribution in [2.24, 2.45) is 10.8 Å². The number of carboxylic acids is 1. The quantitative estimate of drug-likeness (QED) is 0.717. The van der Waals surface area contributed by atoms with E-state index in [2.05, 4.69) is 17.6 Å². The van der Waals surface area contributed by atoms with Crippen molar-refractivity contribution >= 4 is 12.0 Å². The van der Waals surface area contributed by atoms with Gasteiger partial charge in [0.2, 0.25) is 0 Å². The first-order chi connectivity index (χ1) is 8.75. The van der Waals surface area contributed by atoms with Crippen LogP contribution in [-0.2, 0) is 4.79 Å². The topological polar surface area (TPSA) is 78.4 Å². The molecule has 2 amide bonds. The van der Waals surface area contributed by atoms with Gasteiger partial charge in [-0.3, -0.25) is 4.79 Å². The van der Waals surface area contributed by atoms with E-state index in [4.69, 9.17) is 5.11 Å². The highest BCUT2D eigenvalue weighted by Crippen LogP contribution is 2.34. The van der Waals surface area contributed by atoms with E-state index in [1.807, 2.05) is 0 Å². The Balaban J connectivity index is 2.30. The van der Waals surface area contributed by atoms with E-state index in [1.165, 1.54) is 19.3 Å². The second kappa shape index (κ2) is 6.26. The van der Waals surface area contributed by atoms with Crippen LogP contribution in [0.15, 0.2) is 0 Å². The number of carbonyl (C=O) groups is 2. The van der Waals surface area contributed by atoms with Crippen LogP contribution in [-0.4, -0.2) is 30.2 Å². The van der Waals surface area contributed by atoms with Crippen LogP contribution in [0.1, 0.15) is 52.9 Å². The number of carboxylic acid groups (broad SMARTS) is 1. The summed E-state index contributed by atoms with van der Waals surface area (Å²) < 4.78 is 0. The zero-order chi connectivity index (χ0) is 14.5. The Labute approximate surface area is 115 Å². The lowest BCUT2D eigenvalue weighted by atomic mass is 9.76. The van der Waals surface area contributed by atoms with E-state index in [9.17, 15) is 9.59 Å². The maximum Gasteiger partial charge on any atom is 0.314 e. The van der Waals surface area contributed by atoms with Crippen LogP contribution in [0.5, 0.6) is 0 Å². The number of carbonyl (C=O) groups excluding carboxylic acids is 1. The predicted octanol–water partition coefficient (Wildman–Crippen LogP) is 2.37. The minimum Gasteiger partial charge on any atom is -0.481 e. The third-order valence-electron chi connectivity index (χ3n) is 4.01. The molecule has 0 aromatic rings. The highest BCUT2D eigenvalue weighted by atomic mass is 16.4. The Kier molecular flexibility index (Phi) is 5.20. The summed E-state index contributed by atoms with van der Waals surface area (Å²) in [5.74, 6) is -0.910. The molecule has 3 N–H and O–H groups in total. The zero-order valence-electron chi connectivity index (χ0n) is 12.2. The fourth-order valence-electron chi connectivity index (χ4n) is 2.32. The number of amides is 2. The Hall–Kier alpha value is -1.26. The Morgan fingerprint density at radius 2 is 1.74 bits per heavy atom. The van der Waals surface area contributed by atoms with Crippen LogP contribution >= 0.6 is 0 Å². The van der Waals surface area contributed by atoms with Gasteiger partial charge >= 0.3 is 12.0 Å². The van der Waals surface area contributed by atoms with Gasteiger partial charge in [0, 0.05) is 13.1 Å². The van der Waals surface area contributed by atoms with Gasteiger partial charge in [-0.25, -0.2) is 4.79 Å². The second-order valence-electron chi connectivity index (χ2n) is 6.60. The fraction of sp³-hybridized carbons (Fsp3) is 0.857. The minimum atomic E-state index is -0.938. The van der Waals surface area contributed by atoms with E-state index in [-0.39, 0.29) is 18.0 Å². The van der Waals surface area contributed by atoms with Crippen LogP contribution in [0, 0.1) is 10.8 Å². The van der Waals surface area contributed by atoms with Gasteiger partial charge in [0.05, 0.1) is 5.41 Å². The van der Waals surface area contributed by atoms with Crippen LogP contribution < -0.4 is 10.6 Å². The summed E-state index contributed by atoms with van der Waals surface area (Å²) in [4.78, 5) is 22.6. The monoisotopic (exact) mass is 270 g/mol. The van der Waals surface area contributed by atoms with Gasteiger partial charge in [-0.15, -0.1) is 0 Å². The standard InChI is InChI=1S/C14H26N2O3/c1-13(2,11(17)18)9-15-12(19)16-10-14(3)7-5-4-6-8-14/h4-10H2,1-3H3,(H,17,18)(H2,15,16,19). The van der Waals surface area contributed by atoms with Crippen molar-refractivity contribution in [2.75, 3.05) is 13.1 Å². The molecule has 110 valence electrons. The first-order valence-electron chi connectivity index (χ1n) is 7.00. The number of aliphatic carboxylic acids is 1. The van der Waals surface area contributed by atoms with Crippen molar-refractivity contribution in [2.45, 2.75) is 52.9 Å². The summed E-state index contributed by atoms with van der Waals surface area (Å²) in [6.07, 6.45) is 6.04. The molecule has 0 spiro atoms. The summed E-state index contributed by atoms with van der Waals surface area (Å²) in [5.41, 5.74) is -0.746. The molecule has 0 radical (unpaired) electrons. The van der Waals surface area contributed by atoms with Crippen LogP contribution in [0.4, 0.5) is 4.79 Å². The molecule has 19 heavy (non-hydrogen) atoms. The first-order valence-corrected chi connectivity index (χ1v) is 7.00. The lowest BCUT2D eigenvalue weighted by Gasteiger charge is -2.33. The maximum absolute atomic E-state index is 11.7. The highest BCUT2D eigenvalue weighted by molar-refractivity contribution is 5.77. The molecule has 0 saturated heterocycles. The van der Waals surface area contributed by atoms with Gasteiger partial charge in [0.15, 0.2) is 0 Å². The van der Waals surface area contributed by atoms with Crippen molar-refractivity contribution in [3.63, 3.8) is 0 Å². The van der Waals surface area contributed by atoms with Gasteiger partial charge in [0.1, 0.15) is 0 Å². The smallest absolute Gasteiger partial charge is 0.314 e. The van der Waals surface area contributed by atoms with Gasteiger partial charge in [-0.1, -0.05) is 26.2 Å². The second-order valence-corrected chi connectivity index (χ2v) is 6.60. The number of nitrogens with one attached hydrogen (secondary N) is 2. The molecule has 5 nitrogen and oxygen atoms in total. The van der Waals surface area contributed by atoms with Crippen molar-refractivity contribution in [1.29, 1.82) is 0 Å². The zero-order valence-corrected chi connectivity index (χ0v) is 12.2. The predicted molar refractivity (Wildman–Crippen MR) is 74.0 cm³/mol. The summed E-state index contributed by atoms with van der Waals surface area (Å²) >= 11 is 0. The lowest BCUT2D eigenvalue weighted by molar-refractivity contribution is -0.146. The first kappa shape index (κ1) is 15.8.